The van der Waals surface area contributed by atoms with Crippen molar-refractivity contribution in [3.8, 4) is 5.88 Å². The van der Waals surface area contributed by atoms with Crippen molar-refractivity contribution in [2.24, 2.45) is 0 Å². The Labute approximate surface area is 109 Å². The van der Waals surface area contributed by atoms with Crippen LogP contribution < -0.4 is 9.64 Å². The second-order valence-electron chi connectivity index (χ2n) is 3.94. The van der Waals surface area contributed by atoms with Crippen LogP contribution in [0.2, 0.25) is 0 Å². The van der Waals surface area contributed by atoms with E-state index >= 15 is 0 Å². The van der Waals surface area contributed by atoms with Crippen LogP contribution in [0, 0.1) is 0 Å². The predicted octanol–water partition coefficient (Wildman–Crippen LogP) is 3.33. The molecule has 0 saturated heterocycles. The van der Waals surface area contributed by atoms with E-state index in [0.717, 1.165) is 31.1 Å². The molecule has 17 heavy (non-hydrogen) atoms. The van der Waals surface area contributed by atoms with Crippen LogP contribution in [0.15, 0.2) is 18.2 Å². The Morgan fingerprint density at radius 3 is 2.82 bits per heavy atom. The maximum atomic E-state index is 5.65. The van der Waals surface area contributed by atoms with Crippen LogP contribution in [0.1, 0.15) is 26.2 Å². The molecule has 0 unspecified atom stereocenters. The van der Waals surface area contributed by atoms with Crippen molar-refractivity contribution in [1.29, 1.82) is 0 Å². The normalized spacial score (nSPS) is 10.3. The second-order valence-corrected chi connectivity index (χ2v) is 4.32. The quantitative estimate of drug-likeness (QED) is 0.527. The topological polar surface area (TPSA) is 25.4 Å². The van der Waals surface area contributed by atoms with Crippen LogP contribution in [0.5, 0.6) is 5.88 Å². The molecule has 0 saturated carbocycles. The second kappa shape index (κ2) is 8.18. The molecule has 1 rings (SSSR count). The van der Waals surface area contributed by atoms with Gasteiger partial charge < -0.3 is 9.64 Å². The Morgan fingerprint density at radius 1 is 1.29 bits per heavy atom. The molecule has 0 aromatic carbocycles. The van der Waals surface area contributed by atoms with Gasteiger partial charge in [-0.3, -0.25) is 0 Å². The van der Waals surface area contributed by atoms with Crippen LogP contribution in [-0.2, 0) is 0 Å². The molecule has 1 aromatic rings. The lowest BCUT2D eigenvalue weighted by Gasteiger charge is -2.18. The van der Waals surface area contributed by atoms with E-state index in [9.17, 15) is 0 Å². The summed E-state index contributed by atoms with van der Waals surface area (Å²) in [5.74, 6) is 2.40. The molecule has 4 heteroatoms. The minimum absolute atomic E-state index is 0.649. The highest BCUT2D eigenvalue weighted by atomic mass is 35.5. The van der Waals surface area contributed by atoms with Crippen molar-refractivity contribution in [3.05, 3.63) is 18.2 Å². The molecule has 0 radical (unpaired) electrons. The third-order valence-electron chi connectivity index (χ3n) is 2.52. The maximum Gasteiger partial charge on any atom is 0.215 e. The van der Waals surface area contributed by atoms with Crippen LogP contribution in [-0.4, -0.2) is 31.1 Å². The molecule has 0 N–H and O–H groups in total. The lowest BCUT2D eigenvalue weighted by molar-refractivity contribution is 0.327. The number of hydrogen-bond donors (Lipinski definition) is 0. The van der Waals surface area contributed by atoms with Gasteiger partial charge in [0.2, 0.25) is 5.88 Å². The van der Waals surface area contributed by atoms with E-state index < -0.39 is 0 Å². The summed E-state index contributed by atoms with van der Waals surface area (Å²) in [7, 11) is 2.05. The Bertz CT molecular complexity index is 320. The van der Waals surface area contributed by atoms with Crippen molar-refractivity contribution in [3.63, 3.8) is 0 Å². The zero-order valence-corrected chi connectivity index (χ0v) is 11.4. The molecule has 0 fully saturated rings. The lowest BCUT2D eigenvalue weighted by atomic mass is 10.2. The molecule has 3 nitrogen and oxygen atoms in total. The first kappa shape index (κ1) is 14.1. The van der Waals surface area contributed by atoms with Crippen molar-refractivity contribution in [2.45, 2.75) is 26.2 Å². The van der Waals surface area contributed by atoms with E-state index in [4.69, 9.17) is 16.3 Å². The van der Waals surface area contributed by atoms with E-state index in [1.165, 1.54) is 6.42 Å². The molecule has 0 atom stereocenters. The van der Waals surface area contributed by atoms with Crippen LogP contribution in [0.25, 0.3) is 0 Å². The summed E-state index contributed by atoms with van der Waals surface area (Å²) in [5, 5.41) is 0. The Balaban J connectivity index is 2.44. The van der Waals surface area contributed by atoms with E-state index in [2.05, 4.69) is 16.9 Å². The fourth-order valence-corrected chi connectivity index (χ4v) is 1.77. The number of halogens is 1. The summed E-state index contributed by atoms with van der Waals surface area (Å²) < 4.78 is 5.38. The van der Waals surface area contributed by atoms with E-state index in [1.54, 1.807) is 0 Å². The third-order valence-corrected chi connectivity index (χ3v) is 2.79. The number of anilines is 1. The predicted molar refractivity (Wildman–Crippen MR) is 73.2 cm³/mol. The van der Waals surface area contributed by atoms with Crippen molar-refractivity contribution >= 4 is 17.4 Å². The number of alkyl halides is 1. The lowest BCUT2D eigenvalue weighted by Crippen LogP contribution is -2.19. The van der Waals surface area contributed by atoms with Crippen LogP contribution >= 0.6 is 11.6 Å². The Morgan fingerprint density at radius 2 is 2.12 bits per heavy atom. The molecule has 1 aromatic heterocycles. The fraction of sp³-hybridized carbons (Fsp3) is 0.615. The standard InChI is InChI=1S/C13H21ClN2O/c1-3-17-13-9-7-8-12(15-13)16(2)11-6-4-5-10-14/h7-9H,3-6,10-11H2,1-2H3. The minimum atomic E-state index is 0.649. The highest BCUT2D eigenvalue weighted by Crippen LogP contribution is 2.15. The number of nitrogens with zero attached hydrogens (tertiary/aromatic N) is 2. The molecular formula is C13H21ClN2O. The number of pyridine rings is 1. The van der Waals surface area contributed by atoms with Gasteiger partial charge in [-0.15, -0.1) is 11.6 Å². The zero-order valence-electron chi connectivity index (χ0n) is 10.7. The average Bonchev–Trinajstić information content (AvgIpc) is 2.35. The molecule has 96 valence electrons. The number of unbranched alkanes of at least 4 members (excludes halogenated alkanes) is 2. The van der Waals surface area contributed by atoms with Gasteiger partial charge in [0, 0.05) is 25.5 Å². The van der Waals surface area contributed by atoms with Crippen molar-refractivity contribution in [2.75, 3.05) is 31.0 Å². The summed E-state index contributed by atoms with van der Waals surface area (Å²) in [5.41, 5.74) is 0. The molecular weight excluding hydrogens is 236 g/mol. The molecule has 0 aliphatic rings. The molecule has 0 spiro atoms. The minimum Gasteiger partial charge on any atom is -0.478 e. The van der Waals surface area contributed by atoms with Gasteiger partial charge in [0.1, 0.15) is 5.82 Å². The monoisotopic (exact) mass is 256 g/mol. The first-order chi connectivity index (χ1) is 8.27. The summed E-state index contributed by atoms with van der Waals surface area (Å²) in [4.78, 5) is 6.59. The van der Waals surface area contributed by atoms with Gasteiger partial charge >= 0.3 is 0 Å². The van der Waals surface area contributed by atoms with Crippen molar-refractivity contribution in [1.82, 2.24) is 4.98 Å². The SMILES string of the molecule is CCOc1cccc(N(C)CCCCCCl)n1. The largest absolute Gasteiger partial charge is 0.478 e. The van der Waals surface area contributed by atoms with Gasteiger partial charge in [0.05, 0.1) is 6.61 Å². The van der Waals surface area contributed by atoms with Gasteiger partial charge in [-0.05, 0) is 25.8 Å². The first-order valence-corrected chi connectivity index (χ1v) is 6.68. The molecule has 1 heterocycles. The van der Waals surface area contributed by atoms with Crippen molar-refractivity contribution < 1.29 is 4.74 Å². The third kappa shape index (κ3) is 5.26. The fourth-order valence-electron chi connectivity index (χ4n) is 1.58. The number of aromatic nitrogens is 1. The summed E-state index contributed by atoms with van der Waals surface area (Å²) in [6, 6.07) is 5.86. The first-order valence-electron chi connectivity index (χ1n) is 6.15. The van der Waals surface area contributed by atoms with E-state index in [0.29, 0.717) is 12.5 Å². The van der Waals surface area contributed by atoms with Gasteiger partial charge in [-0.2, -0.15) is 4.98 Å². The van der Waals surface area contributed by atoms with Gasteiger partial charge in [-0.25, -0.2) is 0 Å². The van der Waals surface area contributed by atoms with E-state index in [-0.39, 0.29) is 0 Å². The van der Waals surface area contributed by atoms with Gasteiger partial charge in [-0.1, -0.05) is 12.5 Å². The number of ether oxygens (including phenoxy) is 1. The van der Waals surface area contributed by atoms with Gasteiger partial charge in [0.15, 0.2) is 0 Å². The highest BCUT2D eigenvalue weighted by Gasteiger charge is 2.03. The molecule has 0 aliphatic heterocycles. The summed E-state index contributed by atoms with van der Waals surface area (Å²) >= 11 is 5.65. The van der Waals surface area contributed by atoms with Crippen LogP contribution in [0.4, 0.5) is 5.82 Å². The zero-order chi connectivity index (χ0) is 12.5. The van der Waals surface area contributed by atoms with E-state index in [1.807, 2.05) is 25.1 Å². The molecule has 0 bridgehead atoms. The van der Waals surface area contributed by atoms with Crippen LogP contribution in [0.3, 0.4) is 0 Å². The summed E-state index contributed by atoms with van der Waals surface area (Å²) in [6.45, 7) is 3.61. The number of rotatable bonds is 8. The Hall–Kier alpha value is -0.960. The smallest absolute Gasteiger partial charge is 0.215 e. The van der Waals surface area contributed by atoms with Gasteiger partial charge in [0.25, 0.3) is 0 Å². The molecule has 0 amide bonds. The summed E-state index contributed by atoms with van der Waals surface area (Å²) in [6.07, 6.45) is 3.39. The maximum absolute atomic E-state index is 5.65. The number of hydrogen-bond acceptors (Lipinski definition) is 3. The Kier molecular flexibility index (Phi) is 6.78. The molecule has 0 aliphatic carbocycles. The highest BCUT2D eigenvalue weighted by molar-refractivity contribution is 6.17. The average molecular weight is 257 g/mol.